The van der Waals surface area contributed by atoms with Crippen molar-refractivity contribution in [1.82, 2.24) is 4.90 Å². The number of Topliss-reactive ketones (excluding diaryl/α,β-unsaturated/α-hetero) is 1. The Hall–Kier alpha value is -1.77. The number of rotatable bonds is 3. The first kappa shape index (κ1) is 11.7. The van der Waals surface area contributed by atoms with Crippen molar-refractivity contribution >= 4 is 11.5 Å². The van der Waals surface area contributed by atoms with E-state index in [-0.39, 0.29) is 11.5 Å². The number of hydrogen-bond acceptors (Lipinski definition) is 3. The van der Waals surface area contributed by atoms with Gasteiger partial charge in [0, 0.05) is 25.1 Å². The van der Waals surface area contributed by atoms with Gasteiger partial charge in [0.2, 0.25) is 5.78 Å². The quantitative estimate of drug-likeness (QED) is 0.869. The highest BCUT2D eigenvalue weighted by molar-refractivity contribution is 6.01. The van der Waals surface area contributed by atoms with Gasteiger partial charge in [-0.1, -0.05) is 37.3 Å². The van der Waals surface area contributed by atoms with E-state index < -0.39 is 0 Å². The van der Waals surface area contributed by atoms with Crippen molar-refractivity contribution in [2.75, 3.05) is 13.1 Å². The van der Waals surface area contributed by atoms with Crippen LogP contribution in [0.4, 0.5) is 0 Å². The van der Waals surface area contributed by atoms with Crippen LogP contribution in [0.15, 0.2) is 36.1 Å². The summed E-state index contributed by atoms with van der Waals surface area (Å²) in [5.41, 5.74) is 1.59. The second-order valence-electron chi connectivity index (χ2n) is 4.22. The largest absolute Gasteiger partial charge is 0.503 e. The van der Waals surface area contributed by atoms with Crippen LogP contribution in [0.3, 0.4) is 0 Å². The van der Waals surface area contributed by atoms with Gasteiger partial charge in [-0.05, 0) is 6.42 Å². The summed E-state index contributed by atoms with van der Waals surface area (Å²) < 4.78 is 0. The van der Waals surface area contributed by atoms with E-state index in [9.17, 15) is 9.90 Å². The predicted molar refractivity (Wildman–Crippen MR) is 67.5 cm³/mol. The second kappa shape index (κ2) is 5.04. The first-order chi connectivity index (χ1) is 8.24. The molecule has 17 heavy (non-hydrogen) atoms. The maximum atomic E-state index is 11.6. The lowest BCUT2D eigenvalue weighted by Gasteiger charge is -2.31. The van der Waals surface area contributed by atoms with Crippen molar-refractivity contribution < 1.29 is 9.90 Å². The zero-order valence-electron chi connectivity index (χ0n) is 10.0. The van der Waals surface area contributed by atoms with Crippen LogP contribution in [0.25, 0.3) is 5.70 Å². The van der Waals surface area contributed by atoms with Gasteiger partial charge in [-0.2, -0.15) is 0 Å². The average molecular weight is 231 g/mol. The van der Waals surface area contributed by atoms with E-state index in [2.05, 4.69) is 11.8 Å². The highest BCUT2D eigenvalue weighted by atomic mass is 16.3. The van der Waals surface area contributed by atoms with Gasteiger partial charge in [-0.15, -0.1) is 0 Å². The topological polar surface area (TPSA) is 40.5 Å². The smallest absolute Gasteiger partial charge is 0.201 e. The van der Waals surface area contributed by atoms with Gasteiger partial charge in [-0.3, -0.25) is 4.79 Å². The number of carbonyl (C=O) groups excluding carboxylic acids is 1. The molecule has 0 amide bonds. The third kappa shape index (κ3) is 2.33. The van der Waals surface area contributed by atoms with Gasteiger partial charge in [0.05, 0.1) is 5.70 Å². The molecule has 0 atom stereocenters. The van der Waals surface area contributed by atoms with Crippen LogP contribution in [0.1, 0.15) is 25.3 Å². The number of benzene rings is 1. The molecule has 0 saturated heterocycles. The standard InChI is InChI=1S/C14H17NO2/c1-2-9-15-10-8-12(16)14(17)13(15)11-6-4-3-5-7-11/h3-7,17H,2,8-10H2,1H3. The Morgan fingerprint density at radius 3 is 2.65 bits per heavy atom. The number of aliphatic hydroxyl groups is 1. The van der Waals surface area contributed by atoms with E-state index in [1.165, 1.54) is 0 Å². The Labute approximate surface area is 101 Å². The minimum absolute atomic E-state index is 0.0871. The monoisotopic (exact) mass is 231 g/mol. The summed E-state index contributed by atoms with van der Waals surface area (Å²) in [5, 5.41) is 9.98. The molecule has 1 aliphatic heterocycles. The van der Waals surface area contributed by atoms with Crippen molar-refractivity contribution in [3.05, 3.63) is 41.7 Å². The van der Waals surface area contributed by atoms with Gasteiger partial charge >= 0.3 is 0 Å². The molecule has 1 aliphatic rings. The van der Waals surface area contributed by atoms with Gasteiger partial charge in [0.15, 0.2) is 5.76 Å². The summed E-state index contributed by atoms with van der Waals surface area (Å²) in [6.45, 7) is 3.65. The molecule has 1 heterocycles. The van der Waals surface area contributed by atoms with Crippen molar-refractivity contribution in [2.45, 2.75) is 19.8 Å². The van der Waals surface area contributed by atoms with Crippen molar-refractivity contribution in [1.29, 1.82) is 0 Å². The van der Waals surface area contributed by atoms with Crippen LogP contribution in [-0.2, 0) is 4.79 Å². The molecule has 0 fully saturated rings. The zero-order valence-corrected chi connectivity index (χ0v) is 10.0. The van der Waals surface area contributed by atoms with Crippen LogP contribution in [0.2, 0.25) is 0 Å². The first-order valence-corrected chi connectivity index (χ1v) is 6.01. The number of aliphatic hydroxyl groups excluding tert-OH is 1. The number of carbonyl (C=O) groups is 1. The molecular weight excluding hydrogens is 214 g/mol. The van der Waals surface area contributed by atoms with Crippen molar-refractivity contribution in [3.63, 3.8) is 0 Å². The van der Waals surface area contributed by atoms with Crippen LogP contribution in [-0.4, -0.2) is 28.9 Å². The first-order valence-electron chi connectivity index (χ1n) is 6.01. The molecule has 3 heteroatoms. The lowest BCUT2D eigenvalue weighted by molar-refractivity contribution is -0.118. The second-order valence-corrected chi connectivity index (χ2v) is 4.22. The highest BCUT2D eigenvalue weighted by Gasteiger charge is 2.26. The third-order valence-corrected chi connectivity index (χ3v) is 2.95. The summed E-state index contributed by atoms with van der Waals surface area (Å²) in [5.74, 6) is -0.243. The molecule has 90 valence electrons. The van der Waals surface area contributed by atoms with Crippen LogP contribution in [0.5, 0.6) is 0 Å². The summed E-state index contributed by atoms with van der Waals surface area (Å²) >= 11 is 0. The van der Waals surface area contributed by atoms with E-state index in [4.69, 9.17) is 0 Å². The summed E-state index contributed by atoms with van der Waals surface area (Å²) in [7, 11) is 0. The maximum absolute atomic E-state index is 11.6. The molecule has 1 N–H and O–H groups in total. The number of allylic oxidation sites excluding steroid dienone is 1. The number of nitrogens with zero attached hydrogens (tertiary/aromatic N) is 1. The molecule has 1 aromatic carbocycles. The minimum atomic E-state index is -0.156. The summed E-state index contributed by atoms with van der Waals surface area (Å²) in [6, 6.07) is 9.60. The van der Waals surface area contributed by atoms with Gasteiger partial charge in [0.25, 0.3) is 0 Å². The Balaban J connectivity index is 2.43. The molecule has 0 spiro atoms. The molecule has 0 aromatic heterocycles. The minimum Gasteiger partial charge on any atom is -0.503 e. The Kier molecular flexibility index (Phi) is 3.47. The van der Waals surface area contributed by atoms with Gasteiger partial charge < -0.3 is 10.0 Å². The lowest BCUT2D eigenvalue weighted by Crippen LogP contribution is -2.32. The van der Waals surface area contributed by atoms with Gasteiger partial charge in [0.1, 0.15) is 0 Å². The zero-order chi connectivity index (χ0) is 12.3. The molecular formula is C14H17NO2. The Morgan fingerprint density at radius 1 is 1.29 bits per heavy atom. The van der Waals surface area contributed by atoms with Gasteiger partial charge in [-0.25, -0.2) is 0 Å². The SMILES string of the molecule is CCCN1CCC(=O)C(O)=C1c1ccccc1. The molecule has 0 saturated carbocycles. The maximum Gasteiger partial charge on any atom is 0.201 e. The van der Waals surface area contributed by atoms with Crippen LogP contribution >= 0.6 is 0 Å². The molecule has 0 aliphatic carbocycles. The van der Waals surface area contributed by atoms with E-state index >= 15 is 0 Å². The van der Waals surface area contributed by atoms with Crippen LogP contribution in [0, 0.1) is 0 Å². The summed E-state index contributed by atoms with van der Waals surface area (Å²) in [6.07, 6.45) is 1.40. The van der Waals surface area contributed by atoms with Crippen molar-refractivity contribution in [3.8, 4) is 0 Å². The molecule has 0 unspecified atom stereocenters. The average Bonchev–Trinajstić information content (AvgIpc) is 2.36. The van der Waals surface area contributed by atoms with Crippen LogP contribution < -0.4 is 0 Å². The summed E-state index contributed by atoms with van der Waals surface area (Å²) in [4.78, 5) is 13.7. The fourth-order valence-electron chi connectivity index (χ4n) is 2.16. The number of hydrogen-bond donors (Lipinski definition) is 1. The lowest BCUT2D eigenvalue weighted by atomic mass is 10.0. The van der Waals surface area contributed by atoms with E-state index in [1.54, 1.807) is 0 Å². The molecule has 2 rings (SSSR count). The number of ketones is 1. The normalized spacial score (nSPS) is 16.5. The fraction of sp³-hybridized carbons (Fsp3) is 0.357. The molecule has 0 bridgehead atoms. The molecule has 1 aromatic rings. The van der Waals surface area contributed by atoms with Crippen molar-refractivity contribution in [2.24, 2.45) is 0 Å². The van der Waals surface area contributed by atoms with E-state index in [0.717, 1.165) is 18.5 Å². The fourth-order valence-corrected chi connectivity index (χ4v) is 2.16. The van der Waals surface area contributed by atoms with E-state index in [0.29, 0.717) is 18.7 Å². The molecule has 3 nitrogen and oxygen atoms in total. The third-order valence-electron chi connectivity index (χ3n) is 2.95. The molecule has 0 radical (unpaired) electrons. The highest BCUT2D eigenvalue weighted by Crippen LogP contribution is 2.27. The van der Waals surface area contributed by atoms with E-state index in [1.807, 2.05) is 30.3 Å². The Bertz CT molecular complexity index is 437. The Morgan fingerprint density at radius 2 is 2.00 bits per heavy atom. The predicted octanol–water partition coefficient (Wildman–Crippen LogP) is 2.60.